The molecule has 12 heavy (non-hydrogen) atoms. The van der Waals surface area contributed by atoms with Gasteiger partial charge in [0.05, 0.1) is 0 Å². The summed E-state index contributed by atoms with van der Waals surface area (Å²) in [4.78, 5) is 5.12. The van der Waals surface area contributed by atoms with E-state index in [1.807, 2.05) is 0 Å². The van der Waals surface area contributed by atoms with Crippen molar-refractivity contribution in [3.05, 3.63) is 0 Å². The molecule has 3 nitrogen and oxygen atoms in total. The molecule has 0 spiro atoms. The SMILES string of the molecule is CC(N)CN1CCN2CCC1C2. The second-order valence-corrected chi connectivity index (χ2v) is 4.22. The van der Waals surface area contributed by atoms with Gasteiger partial charge in [0.1, 0.15) is 0 Å². The Bertz CT molecular complexity index is 158. The van der Waals surface area contributed by atoms with Gasteiger partial charge in [-0.2, -0.15) is 0 Å². The molecule has 2 heterocycles. The molecule has 2 saturated heterocycles. The molecular weight excluding hydrogens is 150 g/mol. The van der Waals surface area contributed by atoms with Crippen LogP contribution in [0.3, 0.4) is 0 Å². The molecule has 3 unspecified atom stereocenters. The van der Waals surface area contributed by atoms with Crippen LogP contribution in [-0.4, -0.2) is 54.6 Å². The lowest BCUT2D eigenvalue weighted by Gasteiger charge is -2.35. The fourth-order valence-electron chi connectivity index (χ4n) is 2.38. The monoisotopic (exact) mass is 169 g/mol. The zero-order valence-corrected chi connectivity index (χ0v) is 7.87. The van der Waals surface area contributed by atoms with Crippen molar-refractivity contribution in [1.29, 1.82) is 0 Å². The summed E-state index contributed by atoms with van der Waals surface area (Å²) in [6, 6.07) is 1.14. The molecule has 0 saturated carbocycles. The average Bonchev–Trinajstić information content (AvgIpc) is 2.39. The summed E-state index contributed by atoms with van der Waals surface area (Å²) < 4.78 is 0. The minimum atomic E-state index is 0.331. The largest absolute Gasteiger partial charge is 0.327 e. The molecule has 0 aliphatic carbocycles. The van der Waals surface area contributed by atoms with E-state index in [9.17, 15) is 0 Å². The second kappa shape index (κ2) is 3.32. The lowest BCUT2D eigenvalue weighted by atomic mass is 10.2. The number of hydrogen-bond donors (Lipinski definition) is 1. The zero-order chi connectivity index (χ0) is 8.55. The topological polar surface area (TPSA) is 32.5 Å². The van der Waals surface area contributed by atoms with Crippen LogP contribution in [-0.2, 0) is 0 Å². The number of piperazine rings is 1. The molecule has 2 rings (SSSR count). The van der Waals surface area contributed by atoms with E-state index in [0.29, 0.717) is 6.04 Å². The van der Waals surface area contributed by atoms with Crippen molar-refractivity contribution in [3.63, 3.8) is 0 Å². The van der Waals surface area contributed by atoms with Gasteiger partial charge in [-0.25, -0.2) is 0 Å². The van der Waals surface area contributed by atoms with Gasteiger partial charge in [-0.1, -0.05) is 0 Å². The molecule has 2 fully saturated rings. The van der Waals surface area contributed by atoms with Crippen LogP contribution in [0.15, 0.2) is 0 Å². The molecule has 3 heteroatoms. The summed E-state index contributed by atoms with van der Waals surface area (Å²) in [5, 5.41) is 0. The first-order chi connectivity index (χ1) is 5.75. The third-order valence-corrected chi connectivity index (χ3v) is 2.99. The van der Waals surface area contributed by atoms with E-state index in [2.05, 4.69) is 16.7 Å². The van der Waals surface area contributed by atoms with Crippen molar-refractivity contribution >= 4 is 0 Å². The Kier molecular flexibility index (Phi) is 2.35. The van der Waals surface area contributed by atoms with Gasteiger partial charge >= 0.3 is 0 Å². The standard InChI is InChI=1S/C9H19N3/c1-8(10)6-12-5-4-11-3-2-9(12)7-11/h8-9H,2-7,10H2,1H3. The Morgan fingerprint density at radius 2 is 2.25 bits per heavy atom. The molecule has 2 aliphatic rings. The van der Waals surface area contributed by atoms with Crippen LogP contribution in [0.4, 0.5) is 0 Å². The van der Waals surface area contributed by atoms with Crippen LogP contribution >= 0.6 is 0 Å². The highest BCUT2D eigenvalue weighted by Gasteiger charge is 2.32. The highest BCUT2D eigenvalue weighted by Crippen LogP contribution is 2.19. The Balaban J connectivity index is 1.89. The van der Waals surface area contributed by atoms with E-state index in [1.165, 1.54) is 32.6 Å². The molecule has 0 amide bonds. The highest BCUT2D eigenvalue weighted by molar-refractivity contribution is 4.89. The molecule has 2 bridgehead atoms. The lowest BCUT2D eigenvalue weighted by Crippen LogP contribution is -2.50. The van der Waals surface area contributed by atoms with Crippen molar-refractivity contribution in [2.24, 2.45) is 5.73 Å². The maximum Gasteiger partial charge on any atom is 0.0236 e. The van der Waals surface area contributed by atoms with Crippen molar-refractivity contribution in [1.82, 2.24) is 9.80 Å². The third-order valence-electron chi connectivity index (χ3n) is 2.99. The first kappa shape index (κ1) is 8.48. The zero-order valence-electron chi connectivity index (χ0n) is 7.87. The van der Waals surface area contributed by atoms with Gasteiger partial charge in [-0.3, -0.25) is 4.90 Å². The van der Waals surface area contributed by atoms with Gasteiger partial charge in [0.15, 0.2) is 0 Å². The minimum Gasteiger partial charge on any atom is -0.327 e. The van der Waals surface area contributed by atoms with Gasteiger partial charge in [-0.05, 0) is 19.9 Å². The average molecular weight is 169 g/mol. The molecule has 2 N–H and O–H groups in total. The van der Waals surface area contributed by atoms with Crippen LogP contribution in [0.25, 0.3) is 0 Å². The number of nitrogens with zero attached hydrogens (tertiary/aromatic N) is 2. The van der Waals surface area contributed by atoms with E-state index in [1.54, 1.807) is 0 Å². The molecule has 0 aromatic rings. The van der Waals surface area contributed by atoms with Gasteiger partial charge in [-0.15, -0.1) is 0 Å². The van der Waals surface area contributed by atoms with Crippen LogP contribution in [0.5, 0.6) is 0 Å². The Morgan fingerprint density at radius 1 is 1.42 bits per heavy atom. The van der Waals surface area contributed by atoms with Crippen LogP contribution in [0.1, 0.15) is 13.3 Å². The second-order valence-electron chi connectivity index (χ2n) is 4.22. The summed E-state index contributed by atoms with van der Waals surface area (Å²) >= 11 is 0. The van der Waals surface area contributed by atoms with E-state index in [4.69, 9.17) is 5.73 Å². The Hall–Kier alpha value is -0.120. The predicted octanol–water partition coefficient (Wildman–Crippen LogP) is -0.276. The van der Waals surface area contributed by atoms with Crippen molar-refractivity contribution in [2.75, 3.05) is 32.7 Å². The number of rotatable bonds is 2. The van der Waals surface area contributed by atoms with Crippen LogP contribution in [0.2, 0.25) is 0 Å². The highest BCUT2D eigenvalue weighted by atomic mass is 15.3. The van der Waals surface area contributed by atoms with Crippen LogP contribution < -0.4 is 5.73 Å². The van der Waals surface area contributed by atoms with Gasteiger partial charge < -0.3 is 10.6 Å². The van der Waals surface area contributed by atoms with Crippen molar-refractivity contribution in [2.45, 2.75) is 25.4 Å². The normalized spacial score (nSPS) is 38.5. The molecule has 70 valence electrons. The smallest absolute Gasteiger partial charge is 0.0236 e. The van der Waals surface area contributed by atoms with E-state index in [0.717, 1.165) is 12.6 Å². The minimum absolute atomic E-state index is 0.331. The molecule has 0 radical (unpaired) electrons. The predicted molar refractivity (Wildman–Crippen MR) is 50.1 cm³/mol. The first-order valence-corrected chi connectivity index (χ1v) is 4.97. The molecule has 0 aromatic heterocycles. The van der Waals surface area contributed by atoms with Gasteiger partial charge in [0.2, 0.25) is 0 Å². The quantitative estimate of drug-likeness (QED) is 0.617. The summed E-state index contributed by atoms with van der Waals surface area (Å²) in [5.74, 6) is 0. The van der Waals surface area contributed by atoms with Crippen molar-refractivity contribution in [3.8, 4) is 0 Å². The Morgan fingerprint density at radius 3 is 3.00 bits per heavy atom. The molecule has 3 atom stereocenters. The summed E-state index contributed by atoms with van der Waals surface area (Å²) in [6.07, 6.45) is 1.35. The molecular formula is C9H19N3. The van der Waals surface area contributed by atoms with E-state index in [-0.39, 0.29) is 0 Å². The van der Waals surface area contributed by atoms with Crippen LogP contribution in [0, 0.1) is 0 Å². The summed E-state index contributed by atoms with van der Waals surface area (Å²) in [6.45, 7) is 8.25. The Labute approximate surface area is 74.5 Å². The van der Waals surface area contributed by atoms with E-state index < -0.39 is 0 Å². The first-order valence-electron chi connectivity index (χ1n) is 4.97. The number of nitrogens with two attached hydrogens (primary N) is 1. The fourth-order valence-corrected chi connectivity index (χ4v) is 2.38. The lowest BCUT2D eigenvalue weighted by molar-refractivity contribution is 0.130. The van der Waals surface area contributed by atoms with Crippen molar-refractivity contribution < 1.29 is 0 Å². The molecule has 0 aromatic carbocycles. The number of fused-ring (bicyclic) bond motifs is 2. The van der Waals surface area contributed by atoms with E-state index >= 15 is 0 Å². The van der Waals surface area contributed by atoms with Gasteiger partial charge in [0.25, 0.3) is 0 Å². The number of hydrogen-bond acceptors (Lipinski definition) is 3. The fraction of sp³-hybridized carbons (Fsp3) is 1.00. The summed E-state index contributed by atoms with van der Waals surface area (Å²) in [5.41, 5.74) is 5.80. The van der Waals surface area contributed by atoms with Gasteiger partial charge in [0, 0.05) is 38.3 Å². The molecule has 2 aliphatic heterocycles. The maximum atomic E-state index is 5.80. The third kappa shape index (κ3) is 1.63. The summed E-state index contributed by atoms with van der Waals surface area (Å²) in [7, 11) is 0. The maximum absolute atomic E-state index is 5.80.